The van der Waals surface area contributed by atoms with Gasteiger partial charge in [-0.25, -0.2) is 0 Å². The second kappa shape index (κ2) is 4.68. The summed E-state index contributed by atoms with van der Waals surface area (Å²) in [5.41, 5.74) is 3.09. The number of rotatable bonds is 3. The molecule has 0 aliphatic heterocycles. The zero-order valence-electron chi connectivity index (χ0n) is 10.2. The summed E-state index contributed by atoms with van der Waals surface area (Å²) in [6.45, 7) is 2.71. The molecule has 19 heavy (non-hydrogen) atoms. The maximum absolute atomic E-state index is 10.9. The fraction of sp³-hybridized carbons (Fsp3) is 0.0714. The normalized spacial score (nSPS) is 10.5. The molecule has 0 fully saturated rings. The van der Waals surface area contributed by atoms with E-state index in [0.717, 1.165) is 12.1 Å². The van der Waals surface area contributed by atoms with E-state index in [1.54, 1.807) is 24.5 Å². The first kappa shape index (κ1) is 11.7. The zero-order chi connectivity index (χ0) is 13.2. The van der Waals surface area contributed by atoms with E-state index in [0.29, 0.717) is 5.52 Å². The first-order valence-electron chi connectivity index (χ1n) is 5.96. The van der Waals surface area contributed by atoms with Gasteiger partial charge in [-0.15, -0.1) is 0 Å². The van der Waals surface area contributed by atoms with Crippen LogP contribution >= 0.6 is 0 Å². The topological polar surface area (TPSA) is 55.1 Å². The van der Waals surface area contributed by atoms with E-state index < -0.39 is 5.97 Å². The molecule has 0 aliphatic carbocycles. The van der Waals surface area contributed by atoms with Crippen molar-refractivity contribution in [1.29, 1.82) is 0 Å². The van der Waals surface area contributed by atoms with Gasteiger partial charge in [0, 0.05) is 0 Å². The van der Waals surface area contributed by atoms with Gasteiger partial charge in [0.25, 0.3) is 0 Å². The second-order valence-electron chi connectivity index (χ2n) is 4.37. The average Bonchev–Trinajstić information content (AvgIpc) is 2.82. The molecule has 0 spiro atoms. The molecular weight excluding hydrogens is 239 g/mol. The van der Waals surface area contributed by atoms with Gasteiger partial charge in [0.05, 0.1) is 0 Å². The van der Waals surface area contributed by atoms with E-state index in [1.165, 1.54) is 5.56 Å². The summed E-state index contributed by atoms with van der Waals surface area (Å²) < 4.78 is 2.01. The maximum atomic E-state index is 10.9. The van der Waals surface area contributed by atoms with Gasteiger partial charge in [-0.3, -0.25) is 0 Å². The van der Waals surface area contributed by atoms with Gasteiger partial charge in [0.2, 0.25) is 0 Å². The summed E-state index contributed by atoms with van der Waals surface area (Å²) in [6.07, 6.45) is 1.74. The molecule has 0 atom stereocenters. The first-order valence-corrected chi connectivity index (χ1v) is 5.96. The van der Waals surface area contributed by atoms with E-state index >= 15 is 0 Å². The van der Waals surface area contributed by atoms with Crippen LogP contribution in [-0.4, -0.2) is 27.5 Å². The summed E-state index contributed by atoms with van der Waals surface area (Å²) in [5, 5.41) is 8.95. The van der Waals surface area contributed by atoms with E-state index in [4.69, 9.17) is 5.11 Å². The predicted molar refractivity (Wildman–Crippen MR) is 73.6 cm³/mol. The molecule has 0 amide bonds. The standard InChI is InChI=1S/C14H11BN2O2/c18-14(19)11-1-2-13-12(7-11)16-9-17(13)8-10-3-5-15-6-4-10/h1-7,9H,8H2,(H,18,19). The third kappa shape index (κ3) is 2.27. The molecule has 0 aliphatic rings. The van der Waals surface area contributed by atoms with Crippen molar-refractivity contribution < 1.29 is 9.90 Å². The number of aromatic nitrogens is 2. The summed E-state index contributed by atoms with van der Waals surface area (Å²) in [4.78, 5) is 15.2. The molecule has 1 N–H and O–H groups in total. The monoisotopic (exact) mass is 250 g/mol. The Kier molecular flexibility index (Phi) is 2.87. The number of carboxylic acids is 1. The number of nitrogens with zero attached hydrogens (tertiary/aromatic N) is 2. The number of fused-ring (bicyclic) bond motifs is 1. The van der Waals surface area contributed by atoms with Crippen molar-refractivity contribution in [2.75, 3.05) is 0 Å². The number of hydrogen-bond acceptors (Lipinski definition) is 2. The predicted octanol–water partition coefficient (Wildman–Crippen LogP) is 2.12. The number of imidazole rings is 1. The van der Waals surface area contributed by atoms with Crippen molar-refractivity contribution in [1.82, 2.24) is 9.55 Å². The molecule has 2 heterocycles. The Morgan fingerprint density at radius 3 is 2.79 bits per heavy atom. The molecule has 0 saturated carbocycles. The number of carboxylic acid groups (broad SMARTS) is 1. The quantitative estimate of drug-likeness (QED) is 0.774. The molecule has 5 heteroatoms. The van der Waals surface area contributed by atoms with Crippen LogP contribution in [-0.2, 0) is 6.54 Å². The number of hydrogen-bond donors (Lipinski definition) is 1. The average molecular weight is 250 g/mol. The molecule has 2 aromatic heterocycles. The van der Waals surface area contributed by atoms with Gasteiger partial charge in [0.1, 0.15) is 0 Å². The number of carbonyl (C=O) groups is 1. The fourth-order valence-corrected chi connectivity index (χ4v) is 2.10. The third-order valence-corrected chi connectivity index (χ3v) is 3.06. The van der Waals surface area contributed by atoms with Crippen LogP contribution in [0.4, 0.5) is 0 Å². The van der Waals surface area contributed by atoms with Crippen molar-refractivity contribution in [3.8, 4) is 0 Å². The molecule has 0 unspecified atom stereocenters. The third-order valence-electron chi connectivity index (χ3n) is 3.06. The molecule has 0 saturated heterocycles. The Labute approximate surface area is 110 Å². The zero-order valence-corrected chi connectivity index (χ0v) is 10.2. The van der Waals surface area contributed by atoms with E-state index in [1.807, 2.05) is 23.4 Å². The first-order chi connectivity index (χ1) is 9.24. The van der Waals surface area contributed by atoms with E-state index in [2.05, 4.69) is 17.1 Å². The minimum absolute atomic E-state index is 0.262. The summed E-state index contributed by atoms with van der Waals surface area (Å²) in [7, 11) is 0. The number of aromatic carboxylic acids is 1. The number of benzene rings is 1. The fourth-order valence-electron chi connectivity index (χ4n) is 2.10. The molecule has 4 nitrogen and oxygen atoms in total. The van der Waals surface area contributed by atoms with Crippen LogP contribution in [0, 0.1) is 0 Å². The van der Waals surface area contributed by atoms with Gasteiger partial charge < -0.3 is 0 Å². The van der Waals surface area contributed by atoms with Crippen LogP contribution < -0.4 is 0 Å². The van der Waals surface area contributed by atoms with Crippen molar-refractivity contribution in [2.45, 2.75) is 6.54 Å². The van der Waals surface area contributed by atoms with Crippen molar-refractivity contribution in [3.63, 3.8) is 0 Å². The molecule has 1 aromatic carbocycles. The molecule has 3 aromatic rings. The Balaban J connectivity index is 1.99. The van der Waals surface area contributed by atoms with Crippen molar-refractivity contribution in [3.05, 3.63) is 59.7 Å². The minimum atomic E-state index is -0.931. The van der Waals surface area contributed by atoms with Crippen LogP contribution in [0.15, 0.2) is 48.6 Å². The Morgan fingerprint density at radius 2 is 2.05 bits per heavy atom. The van der Waals surface area contributed by atoms with Gasteiger partial charge in [-0.05, 0) is 0 Å². The van der Waals surface area contributed by atoms with Crippen molar-refractivity contribution in [2.24, 2.45) is 0 Å². The van der Waals surface area contributed by atoms with Crippen LogP contribution in [0.25, 0.3) is 11.0 Å². The van der Waals surface area contributed by atoms with Gasteiger partial charge in [0.15, 0.2) is 0 Å². The van der Waals surface area contributed by atoms with Crippen molar-refractivity contribution >= 4 is 23.9 Å². The molecular formula is C14H11BN2O2. The van der Waals surface area contributed by atoms with Gasteiger partial charge >= 0.3 is 110 Å². The molecule has 0 bridgehead atoms. The second-order valence-corrected chi connectivity index (χ2v) is 4.37. The molecule has 92 valence electrons. The summed E-state index contributed by atoms with van der Waals surface area (Å²) >= 11 is 0. The molecule has 3 rings (SSSR count). The summed E-state index contributed by atoms with van der Waals surface area (Å²) in [6, 6.07) is 9.11. The summed E-state index contributed by atoms with van der Waals surface area (Å²) in [5.74, 6) is 3.06. The molecule has 0 radical (unpaired) electrons. The van der Waals surface area contributed by atoms with Crippen LogP contribution in [0.2, 0.25) is 0 Å². The van der Waals surface area contributed by atoms with Gasteiger partial charge in [-0.2, -0.15) is 0 Å². The Hall–Kier alpha value is -2.43. The van der Waals surface area contributed by atoms with E-state index in [-0.39, 0.29) is 5.56 Å². The van der Waals surface area contributed by atoms with Crippen LogP contribution in [0.1, 0.15) is 15.9 Å². The SMILES string of the molecule is O=C(O)c1ccc2c(c1)ncn2Cc1ccbcc1. The van der Waals surface area contributed by atoms with E-state index in [9.17, 15) is 4.79 Å². The Bertz CT molecular complexity index is 738. The van der Waals surface area contributed by atoms with Crippen LogP contribution in [0.5, 0.6) is 0 Å². The van der Waals surface area contributed by atoms with Gasteiger partial charge in [-0.1, -0.05) is 0 Å². The Morgan fingerprint density at radius 1 is 1.26 bits per heavy atom. The van der Waals surface area contributed by atoms with Crippen LogP contribution in [0.3, 0.4) is 0 Å².